The van der Waals surface area contributed by atoms with E-state index >= 15 is 0 Å². The zero-order valence-corrected chi connectivity index (χ0v) is 16.1. The monoisotopic (exact) mass is 359 g/mol. The molecular weight excluding hydrogens is 334 g/mol. The molecule has 0 N–H and O–H groups in total. The van der Waals surface area contributed by atoms with Crippen LogP contribution in [0.25, 0.3) is 5.69 Å². The van der Waals surface area contributed by atoms with Gasteiger partial charge < -0.3 is 4.90 Å². The van der Waals surface area contributed by atoms with E-state index in [2.05, 4.69) is 49.3 Å². The Hall–Kier alpha value is -1.89. The van der Waals surface area contributed by atoms with Crippen LogP contribution in [-0.2, 0) is 4.79 Å². The molecule has 0 bridgehead atoms. The number of hydrogen-bond donors (Lipinski definition) is 0. The Morgan fingerprint density at radius 1 is 1.24 bits per heavy atom. The highest BCUT2D eigenvalue weighted by Crippen LogP contribution is 2.25. The lowest BCUT2D eigenvalue weighted by Gasteiger charge is -2.34. The molecule has 1 saturated heterocycles. The van der Waals surface area contributed by atoms with Gasteiger partial charge >= 0.3 is 0 Å². The summed E-state index contributed by atoms with van der Waals surface area (Å²) in [7, 11) is 0. The van der Waals surface area contributed by atoms with Crippen molar-refractivity contribution in [2.45, 2.75) is 39.3 Å². The van der Waals surface area contributed by atoms with E-state index in [0.717, 1.165) is 24.3 Å². The number of likely N-dealkylation sites (tertiary alicyclic amines) is 1. The minimum Gasteiger partial charge on any atom is -0.341 e. The number of rotatable bonds is 4. The quantitative estimate of drug-likeness (QED) is 0.786. The summed E-state index contributed by atoms with van der Waals surface area (Å²) < 4.78 is 1.72. The molecule has 3 rings (SSSR count). The van der Waals surface area contributed by atoms with Crippen molar-refractivity contribution < 1.29 is 4.79 Å². The number of aromatic nitrogens is 4. The Balaban J connectivity index is 1.70. The molecule has 2 heterocycles. The van der Waals surface area contributed by atoms with Crippen LogP contribution in [0.4, 0.5) is 0 Å². The molecule has 1 aromatic heterocycles. The van der Waals surface area contributed by atoms with Crippen LogP contribution < -0.4 is 0 Å². The second-order valence-corrected chi connectivity index (χ2v) is 8.07. The number of piperidine rings is 1. The second kappa shape index (κ2) is 7.56. The fourth-order valence-electron chi connectivity index (χ4n) is 3.47. The minimum atomic E-state index is 0.166. The molecule has 6 nitrogen and oxygen atoms in total. The Morgan fingerprint density at radius 2 is 1.96 bits per heavy atom. The molecule has 0 saturated carbocycles. The Bertz CT molecular complexity index is 750. The van der Waals surface area contributed by atoms with Crippen molar-refractivity contribution in [3.05, 3.63) is 29.3 Å². The third kappa shape index (κ3) is 4.03. The van der Waals surface area contributed by atoms with Crippen LogP contribution in [0.5, 0.6) is 0 Å². The smallest absolute Gasteiger partial charge is 0.233 e. The first-order valence-electron chi connectivity index (χ1n) is 8.71. The number of thioether (sulfide) groups is 1. The van der Waals surface area contributed by atoms with Crippen molar-refractivity contribution in [1.82, 2.24) is 25.1 Å². The molecule has 1 aromatic carbocycles. The SMILES string of the molecule is Cc1cccc(-n2nnnc2SCC(=O)N2C[C@H](C)C[C@H](C)C2)c1C. The van der Waals surface area contributed by atoms with Crippen LogP contribution in [0.15, 0.2) is 23.4 Å². The van der Waals surface area contributed by atoms with Gasteiger partial charge in [-0.15, -0.1) is 5.10 Å². The van der Waals surface area contributed by atoms with Gasteiger partial charge in [0.2, 0.25) is 11.1 Å². The summed E-state index contributed by atoms with van der Waals surface area (Å²) in [4.78, 5) is 14.6. The van der Waals surface area contributed by atoms with Gasteiger partial charge in [-0.3, -0.25) is 4.79 Å². The van der Waals surface area contributed by atoms with Crippen molar-refractivity contribution in [2.24, 2.45) is 11.8 Å². The lowest BCUT2D eigenvalue weighted by atomic mass is 9.92. The van der Waals surface area contributed by atoms with Crippen molar-refractivity contribution >= 4 is 17.7 Å². The molecule has 1 aliphatic rings. The maximum absolute atomic E-state index is 12.6. The number of benzene rings is 1. The summed E-state index contributed by atoms with van der Waals surface area (Å²) >= 11 is 1.40. The predicted octanol–water partition coefficient (Wildman–Crippen LogP) is 2.88. The van der Waals surface area contributed by atoms with Crippen LogP contribution in [0.2, 0.25) is 0 Å². The first-order chi connectivity index (χ1) is 12.0. The average Bonchev–Trinajstić information content (AvgIpc) is 3.02. The molecule has 7 heteroatoms. The summed E-state index contributed by atoms with van der Waals surface area (Å²) in [6.07, 6.45) is 1.20. The van der Waals surface area contributed by atoms with Crippen LogP contribution in [0.1, 0.15) is 31.4 Å². The van der Waals surface area contributed by atoms with Crippen LogP contribution >= 0.6 is 11.8 Å². The van der Waals surface area contributed by atoms with Crippen LogP contribution in [0, 0.1) is 25.7 Å². The summed E-state index contributed by atoms with van der Waals surface area (Å²) in [5.74, 6) is 1.67. The maximum Gasteiger partial charge on any atom is 0.233 e. The summed E-state index contributed by atoms with van der Waals surface area (Å²) in [5, 5.41) is 12.7. The third-order valence-electron chi connectivity index (χ3n) is 4.79. The highest BCUT2D eigenvalue weighted by atomic mass is 32.2. The van der Waals surface area contributed by atoms with E-state index in [1.807, 2.05) is 17.0 Å². The highest BCUT2D eigenvalue weighted by molar-refractivity contribution is 7.99. The zero-order valence-electron chi connectivity index (χ0n) is 15.3. The first kappa shape index (κ1) is 17.9. The second-order valence-electron chi connectivity index (χ2n) is 7.13. The molecular formula is C18H25N5OS. The van der Waals surface area contributed by atoms with Gasteiger partial charge in [-0.2, -0.15) is 4.68 Å². The van der Waals surface area contributed by atoms with E-state index in [-0.39, 0.29) is 5.91 Å². The van der Waals surface area contributed by atoms with Crippen molar-refractivity contribution in [3.63, 3.8) is 0 Å². The van der Waals surface area contributed by atoms with Gasteiger partial charge in [-0.05, 0) is 59.7 Å². The number of amides is 1. The number of aryl methyl sites for hydroxylation is 1. The fraction of sp³-hybridized carbons (Fsp3) is 0.556. The molecule has 1 amide bonds. The van der Waals surface area contributed by atoms with Crippen LogP contribution in [0.3, 0.4) is 0 Å². The molecule has 0 radical (unpaired) electrons. The average molecular weight is 359 g/mol. The Labute approximate surface area is 153 Å². The van der Waals surface area contributed by atoms with Crippen LogP contribution in [-0.4, -0.2) is 49.9 Å². The molecule has 25 heavy (non-hydrogen) atoms. The number of carbonyl (C=O) groups excluding carboxylic acids is 1. The molecule has 1 aliphatic heterocycles. The summed E-state index contributed by atoms with van der Waals surface area (Å²) in [6, 6.07) is 6.06. The van der Waals surface area contributed by atoms with E-state index in [1.165, 1.54) is 23.7 Å². The summed E-state index contributed by atoms with van der Waals surface area (Å²) in [5.41, 5.74) is 3.29. The maximum atomic E-state index is 12.6. The molecule has 0 unspecified atom stereocenters. The molecule has 134 valence electrons. The van der Waals surface area contributed by atoms with Gasteiger partial charge in [-0.25, -0.2) is 0 Å². The van der Waals surface area contributed by atoms with Gasteiger partial charge in [0.15, 0.2) is 0 Å². The molecule has 1 fully saturated rings. The van der Waals surface area contributed by atoms with E-state index < -0.39 is 0 Å². The van der Waals surface area contributed by atoms with Crippen molar-refractivity contribution in [1.29, 1.82) is 0 Å². The lowest BCUT2D eigenvalue weighted by molar-refractivity contribution is -0.130. The summed E-state index contributed by atoms with van der Waals surface area (Å²) in [6.45, 7) is 10.3. The van der Waals surface area contributed by atoms with E-state index in [4.69, 9.17) is 0 Å². The Morgan fingerprint density at radius 3 is 2.68 bits per heavy atom. The van der Waals surface area contributed by atoms with E-state index in [1.54, 1.807) is 4.68 Å². The number of nitrogens with zero attached hydrogens (tertiary/aromatic N) is 5. The van der Waals surface area contributed by atoms with Gasteiger partial charge in [0.25, 0.3) is 0 Å². The Kier molecular flexibility index (Phi) is 5.42. The third-order valence-corrected chi connectivity index (χ3v) is 5.70. The largest absolute Gasteiger partial charge is 0.341 e. The molecule has 0 spiro atoms. The number of tetrazole rings is 1. The fourth-order valence-corrected chi connectivity index (χ4v) is 4.26. The van der Waals surface area contributed by atoms with Gasteiger partial charge in [0.05, 0.1) is 11.4 Å². The van der Waals surface area contributed by atoms with Gasteiger partial charge in [0.1, 0.15) is 0 Å². The first-order valence-corrected chi connectivity index (χ1v) is 9.69. The number of carbonyl (C=O) groups is 1. The molecule has 0 aliphatic carbocycles. The van der Waals surface area contributed by atoms with Crippen molar-refractivity contribution in [3.8, 4) is 5.69 Å². The lowest BCUT2D eigenvalue weighted by Crippen LogP contribution is -2.43. The minimum absolute atomic E-state index is 0.166. The molecule has 2 aromatic rings. The predicted molar refractivity (Wildman–Crippen MR) is 98.9 cm³/mol. The van der Waals surface area contributed by atoms with Crippen molar-refractivity contribution in [2.75, 3.05) is 18.8 Å². The standard InChI is InChI=1S/C18H25N5OS/c1-12-8-13(2)10-22(9-12)17(24)11-25-18-19-20-21-23(18)16-7-5-6-14(3)15(16)4/h5-7,12-13H,8-11H2,1-4H3/t12-,13+. The van der Waals surface area contributed by atoms with Gasteiger partial charge in [-0.1, -0.05) is 37.7 Å². The van der Waals surface area contributed by atoms with Gasteiger partial charge in [0, 0.05) is 13.1 Å². The molecule has 2 atom stereocenters. The number of hydrogen-bond acceptors (Lipinski definition) is 5. The zero-order chi connectivity index (χ0) is 18.0. The van der Waals surface area contributed by atoms with E-state index in [9.17, 15) is 4.79 Å². The topological polar surface area (TPSA) is 63.9 Å². The highest BCUT2D eigenvalue weighted by Gasteiger charge is 2.25. The normalized spacial score (nSPS) is 20.7. The van der Waals surface area contributed by atoms with E-state index in [0.29, 0.717) is 22.7 Å².